The molecule has 0 saturated heterocycles. The Balaban J connectivity index is 0.000000186. The quantitative estimate of drug-likeness (QED) is 0.113. The molecule has 6 aromatic carbocycles. The number of hydrogen-bond donors (Lipinski definition) is 4. The molecule has 0 fully saturated rings. The van der Waals surface area contributed by atoms with Gasteiger partial charge in [0.2, 0.25) is 0 Å². The summed E-state index contributed by atoms with van der Waals surface area (Å²) in [5, 5.41) is 33.9. The van der Waals surface area contributed by atoms with E-state index in [2.05, 4.69) is 42.0 Å². The van der Waals surface area contributed by atoms with Crippen LogP contribution < -0.4 is 9.44 Å². The molecule has 20 heteroatoms. The first-order chi connectivity index (χ1) is 29.4. The number of sulfone groups is 2. The Hall–Kier alpha value is -7.36. The Morgan fingerprint density at radius 1 is 0.468 bits per heavy atom. The van der Waals surface area contributed by atoms with Crippen LogP contribution in [0.15, 0.2) is 153 Å². The molecule has 0 spiro atoms. The smallest absolute Gasteiger partial charge is 0.263 e. The van der Waals surface area contributed by atoms with Crippen LogP contribution in [0.3, 0.4) is 0 Å². The predicted octanol–water partition coefficient (Wildman–Crippen LogP) is 6.61. The second-order valence-electron chi connectivity index (χ2n) is 13.7. The van der Waals surface area contributed by atoms with Crippen LogP contribution in [-0.2, 0) is 39.7 Å². The van der Waals surface area contributed by atoms with Crippen molar-refractivity contribution in [2.75, 3.05) is 22.0 Å². The zero-order chi connectivity index (χ0) is 44.5. The molecule has 0 aliphatic heterocycles. The number of nitriles is 2. The van der Waals surface area contributed by atoms with Gasteiger partial charge in [-0.25, -0.2) is 33.7 Å². The third kappa shape index (κ3) is 9.04. The standard InChI is InChI=1S/2C21H16N4O4S2/c2*1-30(26,27)19-7-2-3-8-20(19)31(28,29)25-16-9-10-18-17(12-16)21(24-23-18)15-6-4-5-14(11-15)13-22/h2*2-12,25H,1H3,(H,23,24). The van der Waals surface area contributed by atoms with E-state index in [0.717, 1.165) is 12.5 Å². The van der Waals surface area contributed by atoms with Gasteiger partial charge in [-0.15, -0.1) is 0 Å². The number of sulfonamides is 2. The molecular formula is C42H32N8O8S4. The fraction of sp³-hybridized carbons (Fsp3) is 0.0476. The number of benzene rings is 6. The molecule has 0 aliphatic rings. The third-order valence-corrected chi connectivity index (χ3v) is 14.7. The summed E-state index contributed by atoms with van der Waals surface area (Å²) in [6, 6.07) is 38.5. The minimum absolute atomic E-state index is 0.245. The van der Waals surface area contributed by atoms with E-state index in [9.17, 15) is 33.7 Å². The van der Waals surface area contributed by atoms with Gasteiger partial charge >= 0.3 is 0 Å². The van der Waals surface area contributed by atoms with Gasteiger partial charge < -0.3 is 0 Å². The SMILES string of the molecule is CS(=O)(=O)c1ccccc1S(=O)(=O)Nc1ccc2[nH]nc(-c3cccc(C#N)c3)c2c1.CS(=O)(=O)c1ccccc1S(=O)(=O)Nc1ccc2[nH]nc(-c3cccc(C#N)c3)c2c1. The zero-order valence-corrected chi connectivity index (χ0v) is 35.7. The van der Waals surface area contributed by atoms with Crippen molar-refractivity contribution in [2.45, 2.75) is 19.6 Å². The molecule has 312 valence electrons. The van der Waals surface area contributed by atoms with Gasteiger partial charge in [0.15, 0.2) is 19.7 Å². The first kappa shape index (κ1) is 42.8. The molecule has 0 unspecified atom stereocenters. The Labute approximate surface area is 356 Å². The number of aromatic nitrogens is 4. The highest BCUT2D eigenvalue weighted by Gasteiger charge is 2.25. The first-order valence-electron chi connectivity index (χ1n) is 18.0. The van der Waals surface area contributed by atoms with E-state index < -0.39 is 39.7 Å². The lowest BCUT2D eigenvalue weighted by atomic mass is 10.1. The van der Waals surface area contributed by atoms with E-state index >= 15 is 0 Å². The predicted molar refractivity (Wildman–Crippen MR) is 233 cm³/mol. The summed E-state index contributed by atoms with van der Waals surface area (Å²) in [6.45, 7) is 0. The highest BCUT2D eigenvalue weighted by Crippen LogP contribution is 2.32. The average Bonchev–Trinajstić information content (AvgIpc) is 3.87. The molecule has 8 aromatic rings. The number of fused-ring (bicyclic) bond motifs is 2. The van der Waals surface area contributed by atoms with Crippen molar-refractivity contribution in [2.24, 2.45) is 0 Å². The van der Waals surface area contributed by atoms with Crippen LogP contribution in [0.5, 0.6) is 0 Å². The lowest BCUT2D eigenvalue weighted by Crippen LogP contribution is -2.16. The van der Waals surface area contributed by atoms with Gasteiger partial charge in [-0.3, -0.25) is 19.6 Å². The van der Waals surface area contributed by atoms with Crippen LogP contribution in [-0.4, -0.2) is 66.6 Å². The maximum absolute atomic E-state index is 12.9. The monoisotopic (exact) mass is 904 g/mol. The highest BCUT2D eigenvalue weighted by atomic mass is 32.2. The number of aromatic amines is 2. The highest BCUT2D eigenvalue weighted by molar-refractivity contribution is 7.95. The van der Waals surface area contributed by atoms with Gasteiger partial charge in [0.25, 0.3) is 20.0 Å². The molecule has 0 amide bonds. The van der Waals surface area contributed by atoms with E-state index in [1.54, 1.807) is 84.9 Å². The number of nitrogens with one attached hydrogen (secondary N) is 4. The third-order valence-electron chi connectivity index (χ3n) is 9.24. The summed E-state index contributed by atoms with van der Waals surface area (Å²) in [5.41, 5.74) is 5.32. The summed E-state index contributed by atoms with van der Waals surface area (Å²) in [7, 11) is -15.8. The lowest BCUT2D eigenvalue weighted by Gasteiger charge is -2.11. The van der Waals surface area contributed by atoms with Crippen molar-refractivity contribution in [3.63, 3.8) is 0 Å². The minimum Gasteiger partial charge on any atom is -0.280 e. The molecule has 2 aromatic heterocycles. The first-order valence-corrected chi connectivity index (χ1v) is 24.7. The van der Waals surface area contributed by atoms with Crippen molar-refractivity contribution in [3.8, 4) is 34.7 Å². The maximum atomic E-state index is 12.9. The minimum atomic E-state index is -4.17. The van der Waals surface area contributed by atoms with Gasteiger partial charge in [-0.1, -0.05) is 48.5 Å². The van der Waals surface area contributed by atoms with Crippen molar-refractivity contribution < 1.29 is 33.7 Å². The Bertz CT molecular complexity index is 3370. The summed E-state index contributed by atoms with van der Waals surface area (Å²) >= 11 is 0. The zero-order valence-electron chi connectivity index (χ0n) is 32.4. The fourth-order valence-corrected chi connectivity index (χ4v) is 11.8. The molecule has 0 saturated carbocycles. The van der Waals surface area contributed by atoms with Crippen molar-refractivity contribution >= 4 is 72.9 Å². The van der Waals surface area contributed by atoms with Gasteiger partial charge in [0.05, 0.1) is 44.1 Å². The molecule has 0 bridgehead atoms. The van der Waals surface area contributed by atoms with Crippen LogP contribution in [0.25, 0.3) is 44.3 Å². The summed E-state index contributed by atoms with van der Waals surface area (Å²) < 4.78 is 105. The average molecular weight is 905 g/mol. The Morgan fingerprint density at radius 3 is 1.19 bits per heavy atom. The summed E-state index contributed by atoms with van der Waals surface area (Å²) in [6.07, 6.45) is 1.92. The van der Waals surface area contributed by atoms with E-state index in [-0.39, 0.29) is 31.0 Å². The summed E-state index contributed by atoms with van der Waals surface area (Å²) in [5.74, 6) is 0. The van der Waals surface area contributed by atoms with E-state index in [0.29, 0.717) is 55.4 Å². The second-order valence-corrected chi connectivity index (χ2v) is 21.0. The van der Waals surface area contributed by atoms with E-state index in [1.807, 2.05) is 0 Å². The molecule has 0 aliphatic carbocycles. The molecule has 8 rings (SSSR count). The second kappa shape index (κ2) is 16.6. The van der Waals surface area contributed by atoms with Gasteiger partial charge in [0.1, 0.15) is 21.2 Å². The van der Waals surface area contributed by atoms with E-state index in [4.69, 9.17) is 10.5 Å². The summed E-state index contributed by atoms with van der Waals surface area (Å²) in [4.78, 5) is -1.21. The largest absolute Gasteiger partial charge is 0.280 e. The molecular weight excluding hydrogens is 873 g/mol. The van der Waals surface area contributed by atoms with Crippen LogP contribution in [0.1, 0.15) is 11.1 Å². The van der Waals surface area contributed by atoms with Gasteiger partial charge in [0, 0.05) is 45.8 Å². The van der Waals surface area contributed by atoms with Crippen molar-refractivity contribution in [3.05, 3.63) is 145 Å². The number of nitrogens with zero attached hydrogens (tertiary/aromatic N) is 4. The van der Waals surface area contributed by atoms with Crippen molar-refractivity contribution in [1.82, 2.24) is 20.4 Å². The topological polar surface area (TPSA) is 266 Å². The number of H-pyrrole nitrogens is 2. The molecule has 62 heavy (non-hydrogen) atoms. The van der Waals surface area contributed by atoms with Crippen LogP contribution in [0, 0.1) is 22.7 Å². The molecule has 16 nitrogen and oxygen atoms in total. The van der Waals surface area contributed by atoms with Crippen LogP contribution >= 0.6 is 0 Å². The van der Waals surface area contributed by atoms with Gasteiger partial charge in [-0.05, 0) is 84.9 Å². The number of rotatable bonds is 10. The molecule has 0 atom stereocenters. The van der Waals surface area contributed by atoms with Crippen LogP contribution in [0.2, 0.25) is 0 Å². The molecule has 4 N–H and O–H groups in total. The molecule has 0 radical (unpaired) electrons. The molecule has 2 heterocycles. The van der Waals surface area contributed by atoms with E-state index in [1.165, 1.54) is 48.5 Å². The Morgan fingerprint density at radius 2 is 0.839 bits per heavy atom. The van der Waals surface area contributed by atoms with Crippen LogP contribution in [0.4, 0.5) is 11.4 Å². The van der Waals surface area contributed by atoms with Gasteiger partial charge in [-0.2, -0.15) is 20.7 Å². The normalized spacial score (nSPS) is 11.9. The lowest BCUT2D eigenvalue weighted by molar-refractivity contribution is 0.588. The maximum Gasteiger partial charge on any atom is 0.263 e. The fourth-order valence-electron chi connectivity index (χ4n) is 6.44. The Kier molecular flexibility index (Phi) is 11.4. The number of anilines is 2. The number of hydrogen-bond acceptors (Lipinski definition) is 12. The van der Waals surface area contributed by atoms with Crippen molar-refractivity contribution in [1.29, 1.82) is 10.5 Å².